The Balaban J connectivity index is 2.19. The summed E-state index contributed by atoms with van der Waals surface area (Å²) in [4.78, 5) is 10.8. The van der Waals surface area contributed by atoms with Crippen molar-refractivity contribution >= 4 is 44.8 Å². The largest absolute Gasteiger partial charge is 0.396 e. The SMILES string of the molecule is CC(=O)CCc1ccc(OS(=O)(=O)c2cc(Cl)c(N)c(Cl)c2)cc1. The molecule has 0 heterocycles. The van der Waals surface area contributed by atoms with E-state index in [4.69, 9.17) is 33.1 Å². The highest BCUT2D eigenvalue weighted by molar-refractivity contribution is 7.87. The maximum Gasteiger partial charge on any atom is 0.339 e. The molecule has 8 heteroatoms. The molecule has 0 fully saturated rings. The van der Waals surface area contributed by atoms with Gasteiger partial charge in [-0.25, -0.2) is 0 Å². The molecule has 128 valence electrons. The monoisotopic (exact) mass is 387 g/mol. The normalized spacial score (nSPS) is 11.3. The molecule has 0 saturated carbocycles. The summed E-state index contributed by atoms with van der Waals surface area (Å²) in [6, 6.07) is 8.81. The predicted octanol–water partition coefficient (Wildman–Crippen LogP) is 3.86. The number of nitrogens with two attached hydrogens (primary N) is 1. The summed E-state index contributed by atoms with van der Waals surface area (Å²) >= 11 is 11.7. The highest BCUT2D eigenvalue weighted by Gasteiger charge is 2.20. The van der Waals surface area contributed by atoms with Crippen LogP contribution in [-0.2, 0) is 21.3 Å². The van der Waals surface area contributed by atoms with Gasteiger partial charge in [-0.15, -0.1) is 0 Å². The van der Waals surface area contributed by atoms with Crippen LogP contribution in [0.1, 0.15) is 18.9 Å². The molecule has 0 unspecified atom stereocenters. The van der Waals surface area contributed by atoms with Gasteiger partial charge in [-0.05, 0) is 43.2 Å². The van der Waals surface area contributed by atoms with Crippen molar-refractivity contribution in [1.82, 2.24) is 0 Å². The van der Waals surface area contributed by atoms with Gasteiger partial charge in [-0.1, -0.05) is 35.3 Å². The number of anilines is 1. The van der Waals surface area contributed by atoms with Crippen LogP contribution in [0.15, 0.2) is 41.3 Å². The number of ketones is 1. The average molecular weight is 388 g/mol. The molecule has 2 N–H and O–H groups in total. The lowest BCUT2D eigenvalue weighted by molar-refractivity contribution is -0.116. The van der Waals surface area contributed by atoms with Crippen LogP contribution < -0.4 is 9.92 Å². The first kappa shape index (κ1) is 18.6. The van der Waals surface area contributed by atoms with Crippen molar-refractivity contribution in [2.45, 2.75) is 24.7 Å². The molecule has 0 aromatic heterocycles. The molecule has 24 heavy (non-hydrogen) atoms. The predicted molar refractivity (Wildman–Crippen MR) is 94.1 cm³/mol. The molecule has 0 aliphatic heterocycles. The number of Topliss-reactive ketones (excluding diaryl/α,β-unsaturated/α-hetero) is 1. The Morgan fingerprint density at radius 1 is 1.12 bits per heavy atom. The number of carbonyl (C=O) groups excluding carboxylic acids is 1. The van der Waals surface area contributed by atoms with E-state index in [1.807, 2.05) is 0 Å². The van der Waals surface area contributed by atoms with E-state index >= 15 is 0 Å². The van der Waals surface area contributed by atoms with Gasteiger partial charge in [0, 0.05) is 6.42 Å². The molecule has 0 spiro atoms. The fraction of sp³-hybridized carbons (Fsp3) is 0.188. The zero-order valence-electron chi connectivity index (χ0n) is 12.8. The number of nitrogen functional groups attached to an aromatic ring is 1. The van der Waals surface area contributed by atoms with Gasteiger partial charge >= 0.3 is 10.1 Å². The number of aryl methyl sites for hydroxylation is 1. The van der Waals surface area contributed by atoms with Gasteiger partial charge in [-0.2, -0.15) is 8.42 Å². The molecule has 0 amide bonds. The third-order valence-corrected chi connectivity index (χ3v) is 5.09. The van der Waals surface area contributed by atoms with Gasteiger partial charge < -0.3 is 14.7 Å². The second-order valence-corrected chi connectivity index (χ2v) is 7.54. The topological polar surface area (TPSA) is 86.5 Å². The Kier molecular flexibility index (Phi) is 5.74. The van der Waals surface area contributed by atoms with Crippen molar-refractivity contribution in [3.63, 3.8) is 0 Å². The minimum atomic E-state index is -4.09. The van der Waals surface area contributed by atoms with E-state index in [1.54, 1.807) is 12.1 Å². The van der Waals surface area contributed by atoms with Crippen molar-refractivity contribution in [3.8, 4) is 5.75 Å². The van der Waals surface area contributed by atoms with E-state index in [0.29, 0.717) is 12.8 Å². The lowest BCUT2D eigenvalue weighted by Gasteiger charge is -2.10. The molecule has 0 bridgehead atoms. The smallest absolute Gasteiger partial charge is 0.339 e. The number of rotatable bonds is 6. The molecule has 5 nitrogen and oxygen atoms in total. The Morgan fingerprint density at radius 3 is 2.17 bits per heavy atom. The fourth-order valence-electron chi connectivity index (χ4n) is 1.91. The maximum absolute atomic E-state index is 12.3. The van der Waals surface area contributed by atoms with Crippen LogP contribution in [0.5, 0.6) is 5.75 Å². The van der Waals surface area contributed by atoms with Crippen LogP contribution in [0.2, 0.25) is 10.0 Å². The van der Waals surface area contributed by atoms with E-state index in [9.17, 15) is 13.2 Å². The van der Waals surface area contributed by atoms with E-state index in [0.717, 1.165) is 5.56 Å². The summed E-state index contributed by atoms with van der Waals surface area (Å²) in [6.45, 7) is 1.52. The third-order valence-electron chi connectivity index (χ3n) is 3.24. The van der Waals surface area contributed by atoms with Gasteiger partial charge in [0.15, 0.2) is 0 Å². The first-order chi connectivity index (χ1) is 11.2. The van der Waals surface area contributed by atoms with Crippen LogP contribution in [0.3, 0.4) is 0 Å². The minimum absolute atomic E-state index is 0.0317. The molecule has 2 rings (SSSR count). The first-order valence-corrected chi connectivity index (χ1v) is 9.13. The Morgan fingerprint density at radius 2 is 1.67 bits per heavy atom. The van der Waals surface area contributed by atoms with E-state index < -0.39 is 10.1 Å². The van der Waals surface area contributed by atoms with Crippen LogP contribution in [0, 0.1) is 0 Å². The number of halogens is 2. The summed E-state index contributed by atoms with van der Waals surface area (Å²) < 4.78 is 29.7. The Labute approximate surface area is 150 Å². The van der Waals surface area contributed by atoms with Crippen molar-refractivity contribution in [3.05, 3.63) is 52.0 Å². The van der Waals surface area contributed by atoms with Crippen molar-refractivity contribution in [2.75, 3.05) is 5.73 Å². The van der Waals surface area contributed by atoms with Gasteiger partial charge in [0.25, 0.3) is 0 Å². The van der Waals surface area contributed by atoms with Crippen LogP contribution in [0.25, 0.3) is 0 Å². The van der Waals surface area contributed by atoms with Crippen LogP contribution in [-0.4, -0.2) is 14.2 Å². The van der Waals surface area contributed by atoms with Gasteiger partial charge in [0.1, 0.15) is 16.4 Å². The summed E-state index contributed by atoms with van der Waals surface area (Å²) in [5.41, 5.74) is 6.60. The number of carbonyl (C=O) groups is 1. The van der Waals surface area contributed by atoms with Crippen LogP contribution >= 0.6 is 23.2 Å². The van der Waals surface area contributed by atoms with Gasteiger partial charge in [0.05, 0.1) is 15.7 Å². The second-order valence-electron chi connectivity index (χ2n) is 5.18. The van der Waals surface area contributed by atoms with E-state index in [1.165, 1.54) is 31.2 Å². The summed E-state index contributed by atoms with van der Waals surface area (Å²) in [5.74, 6) is 0.237. The Bertz CT molecular complexity index is 841. The molecular weight excluding hydrogens is 373 g/mol. The summed E-state index contributed by atoms with van der Waals surface area (Å²) in [7, 11) is -4.09. The Hall–Kier alpha value is -1.76. The number of hydrogen-bond acceptors (Lipinski definition) is 5. The first-order valence-electron chi connectivity index (χ1n) is 6.96. The number of hydrogen-bond donors (Lipinski definition) is 1. The highest BCUT2D eigenvalue weighted by atomic mass is 35.5. The van der Waals surface area contributed by atoms with Gasteiger partial charge in [0.2, 0.25) is 0 Å². The summed E-state index contributed by atoms with van der Waals surface area (Å²) in [5, 5.41) is 0.0634. The highest BCUT2D eigenvalue weighted by Crippen LogP contribution is 2.31. The van der Waals surface area contributed by atoms with E-state index in [2.05, 4.69) is 0 Å². The van der Waals surface area contributed by atoms with Crippen molar-refractivity contribution in [2.24, 2.45) is 0 Å². The number of benzene rings is 2. The van der Waals surface area contributed by atoms with Gasteiger partial charge in [-0.3, -0.25) is 0 Å². The lowest BCUT2D eigenvalue weighted by Crippen LogP contribution is -2.10. The molecule has 2 aromatic carbocycles. The zero-order chi connectivity index (χ0) is 17.9. The standard InChI is InChI=1S/C16H15Cl2NO4S/c1-10(20)2-3-11-4-6-12(7-5-11)23-24(21,22)13-8-14(17)16(19)15(18)9-13/h4-9H,2-3,19H2,1H3. The lowest BCUT2D eigenvalue weighted by atomic mass is 10.1. The van der Waals surface area contributed by atoms with Crippen LogP contribution in [0.4, 0.5) is 5.69 Å². The zero-order valence-corrected chi connectivity index (χ0v) is 15.1. The second kappa shape index (κ2) is 7.42. The molecule has 0 atom stereocenters. The average Bonchev–Trinajstić information content (AvgIpc) is 2.51. The molecule has 0 aliphatic carbocycles. The molecular formula is C16H15Cl2NO4S. The maximum atomic E-state index is 12.3. The minimum Gasteiger partial charge on any atom is -0.396 e. The quantitative estimate of drug-likeness (QED) is 0.600. The van der Waals surface area contributed by atoms with E-state index in [-0.39, 0.29) is 32.2 Å². The molecule has 0 radical (unpaired) electrons. The molecule has 0 saturated heterocycles. The molecule has 2 aromatic rings. The third kappa shape index (κ3) is 4.63. The molecule has 0 aliphatic rings. The van der Waals surface area contributed by atoms with Crippen molar-refractivity contribution < 1.29 is 17.4 Å². The summed E-state index contributed by atoms with van der Waals surface area (Å²) in [6.07, 6.45) is 1.02. The van der Waals surface area contributed by atoms with Crippen molar-refractivity contribution in [1.29, 1.82) is 0 Å². The fourth-order valence-corrected chi connectivity index (χ4v) is 3.51.